The van der Waals surface area contributed by atoms with Crippen molar-refractivity contribution >= 4 is 11.9 Å². The van der Waals surface area contributed by atoms with E-state index in [0.29, 0.717) is 5.92 Å². The highest BCUT2D eigenvalue weighted by atomic mass is 16.4. The Bertz CT molecular complexity index is 280. The molecular weight excluding hydrogens is 206 g/mol. The lowest BCUT2D eigenvalue weighted by Crippen LogP contribution is -2.47. The Kier molecular flexibility index (Phi) is 3.94. The number of hydrogen-bond acceptors (Lipinski definition) is 2. The van der Waals surface area contributed by atoms with Crippen LogP contribution in [0.5, 0.6) is 0 Å². The van der Waals surface area contributed by atoms with Crippen molar-refractivity contribution in [2.45, 2.75) is 52.5 Å². The van der Waals surface area contributed by atoms with Crippen LogP contribution in [-0.2, 0) is 9.59 Å². The number of nitrogens with one attached hydrogen (secondary N) is 1. The van der Waals surface area contributed by atoms with Crippen molar-refractivity contribution in [3.63, 3.8) is 0 Å². The number of carbonyl (C=O) groups is 2. The highest BCUT2D eigenvalue weighted by Gasteiger charge is 2.37. The topological polar surface area (TPSA) is 66.4 Å². The van der Waals surface area contributed by atoms with Crippen LogP contribution < -0.4 is 5.32 Å². The lowest BCUT2D eigenvalue weighted by atomic mass is 9.91. The molecule has 1 aliphatic rings. The maximum Gasteiger partial charge on any atom is 0.318 e. The van der Waals surface area contributed by atoms with Crippen LogP contribution in [0.3, 0.4) is 0 Å². The summed E-state index contributed by atoms with van der Waals surface area (Å²) in [5.74, 6) is -0.962. The summed E-state index contributed by atoms with van der Waals surface area (Å²) in [4.78, 5) is 22.7. The number of carbonyl (C=O) groups excluding carboxylic acids is 1. The fourth-order valence-corrected chi connectivity index (χ4v) is 2.06. The van der Waals surface area contributed by atoms with Crippen LogP contribution in [-0.4, -0.2) is 23.0 Å². The average molecular weight is 227 g/mol. The first-order valence-electron chi connectivity index (χ1n) is 5.90. The molecule has 0 aliphatic heterocycles. The zero-order chi connectivity index (χ0) is 12.3. The number of amides is 1. The molecule has 1 aliphatic carbocycles. The maximum absolute atomic E-state index is 11.8. The van der Waals surface area contributed by atoms with Gasteiger partial charge in [-0.2, -0.15) is 0 Å². The van der Waals surface area contributed by atoms with Gasteiger partial charge in [0.2, 0.25) is 5.91 Å². The van der Waals surface area contributed by atoms with E-state index in [1.54, 1.807) is 0 Å². The van der Waals surface area contributed by atoms with Gasteiger partial charge in [0.15, 0.2) is 0 Å². The van der Waals surface area contributed by atoms with E-state index >= 15 is 0 Å². The minimum absolute atomic E-state index is 0.0774. The molecule has 0 aromatic rings. The Morgan fingerprint density at radius 1 is 1.31 bits per heavy atom. The van der Waals surface area contributed by atoms with Crippen molar-refractivity contribution in [3.8, 4) is 0 Å². The van der Waals surface area contributed by atoms with Crippen molar-refractivity contribution in [3.05, 3.63) is 0 Å². The van der Waals surface area contributed by atoms with Gasteiger partial charge < -0.3 is 10.4 Å². The van der Waals surface area contributed by atoms with Crippen molar-refractivity contribution in [1.29, 1.82) is 0 Å². The molecule has 1 unspecified atom stereocenters. The monoisotopic (exact) mass is 227 g/mol. The van der Waals surface area contributed by atoms with Crippen LogP contribution in [0.15, 0.2) is 0 Å². The molecule has 0 heterocycles. The lowest BCUT2D eigenvalue weighted by Gasteiger charge is -2.25. The Morgan fingerprint density at radius 3 is 2.25 bits per heavy atom. The summed E-state index contributed by atoms with van der Waals surface area (Å²) in [5, 5.41) is 11.8. The molecule has 1 atom stereocenters. The van der Waals surface area contributed by atoms with Gasteiger partial charge in [-0.1, -0.05) is 12.8 Å². The average Bonchev–Trinajstić information content (AvgIpc) is 2.69. The predicted octanol–water partition coefficient (Wildman–Crippen LogP) is 1.79. The second kappa shape index (κ2) is 4.85. The third-order valence-corrected chi connectivity index (χ3v) is 3.57. The van der Waals surface area contributed by atoms with E-state index in [9.17, 15) is 9.59 Å². The van der Waals surface area contributed by atoms with Crippen LogP contribution in [0.25, 0.3) is 0 Å². The quantitative estimate of drug-likeness (QED) is 0.719. The van der Waals surface area contributed by atoms with Gasteiger partial charge in [0.1, 0.15) is 5.41 Å². The first kappa shape index (κ1) is 13.0. The third kappa shape index (κ3) is 2.74. The molecule has 4 heteroatoms. The van der Waals surface area contributed by atoms with E-state index in [4.69, 9.17) is 5.11 Å². The predicted molar refractivity (Wildman–Crippen MR) is 61.0 cm³/mol. The minimum atomic E-state index is -1.34. The zero-order valence-corrected chi connectivity index (χ0v) is 10.2. The van der Waals surface area contributed by atoms with Gasteiger partial charge in [-0.15, -0.1) is 0 Å². The zero-order valence-electron chi connectivity index (χ0n) is 10.2. The Morgan fingerprint density at radius 2 is 1.81 bits per heavy atom. The van der Waals surface area contributed by atoms with Crippen molar-refractivity contribution in [2.75, 3.05) is 0 Å². The van der Waals surface area contributed by atoms with Gasteiger partial charge in [-0.25, -0.2) is 0 Å². The Hall–Kier alpha value is -1.06. The SMILES string of the molecule is CC(NC(=O)C(C)(C)C(=O)O)C1CCCC1. The molecule has 0 aromatic carbocycles. The van der Waals surface area contributed by atoms with Crippen LogP contribution in [0.2, 0.25) is 0 Å². The van der Waals surface area contributed by atoms with E-state index < -0.39 is 11.4 Å². The molecule has 0 saturated heterocycles. The molecule has 16 heavy (non-hydrogen) atoms. The molecule has 0 bridgehead atoms. The van der Waals surface area contributed by atoms with Gasteiger partial charge in [0.05, 0.1) is 0 Å². The summed E-state index contributed by atoms with van der Waals surface area (Å²) in [6, 6.07) is 0.0774. The van der Waals surface area contributed by atoms with E-state index in [1.807, 2.05) is 6.92 Å². The van der Waals surface area contributed by atoms with Gasteiger partial charge in [0.25, 0.3) is 0 Å². The summed E-state index contributed by atoms with van der Waals surface area (Å²) in [7, 11) is 0. The molecule has 0 spiro atoms. The van der Waals surface area contributed by atoms with Gasteiger partial charge in [0, 0.05) is 6.04 Å². The number of rotatable bonds is 4. The molecule has 1 saturated carbocycles. The van der Waals surface area contributed by atoms with Gasteiger partial charge in [-0.05, 0) is 39.5 Å². The van der Waals surface area contributed by atoms with E-state index in [2.05, 4.69) is 5.32 Å². The molecule has 4 nitrogen and oxygen atoms in total. The first-order chi connectivity index (χ1) is 7.35. The molecule has 1 amide bonds. The minimum Gasteiger partial charge on any atom is -0.480 e. The summed E-state index contributed by atoms with van der Waals surface area (Å²) < 4.78 is 0. The maximum atomic E-state index is 11.8. The second-order valence-corrected chi connectivity index (χ2v) is 5.24. The lowest BCUT2D eigenvalue weighted by molar-refractivity contribution is -0.153. The van der Waals surface area contributed by atoms with Crippen LogP contribution >= 0.6 is 0 Å². The van der Waals surface area contributed by atoms with Gasteiger partial charge in [-0.3, -0.25) is 9.59 Å². The van der Waals surface area contributed by atoms with Crippen molar-refractivity contribution in [2.24, 2.45) is 11.3 Å². The normalized spacial score (nSPS) is 19.4. The number of aliphatic carboxylic acids is 1. The molecule has 1 fully saturated rings. The number of carboxylic acids is 1. The van der Waals surface area contributed by atoms with E-state index in [0.717, 1.165) is 12.8 Å². The molecular formula is C12H21NO3. The molecule has 92 valence electrons. The Balaban J connectivity index is 2.53. The summed E-state index contributed by atoms with van der Waals surface area (Å²) in [6.07, 6.45) is 4.70. The summed E-state index contributed by atoms with van der Waals surface area (Å²) >= 11 is 0. The second-order valence-electron chi connectivity index (χ2n) is 5.24. The van der Waals surface area contributed by atoms with E-state index in [-0.39, 0.29) is 11.9 Å². The van der Waals surface area contributed by atoms with Crippen molar-refractivity contribution < 1.29 is 14.7 Å². The fourth-order valence-electron chi connectivity index (χ4n) is 2.06. The highest BCUT2D eigenvalue weighted by molar-refractivity contribution is 6.01. The molecule has 0 aromatic heterocycles. The molecule has 1 rings (SSSR count). The number of hydrogen-bond donors (Lipinski definition) is 2. The summed E-state index contributed by atoms with van der Waals surface area (Å²) in [5.41, 5.74) is -1.34. The summed E-state index contributed by atoms with van der Waals surface area (Å²) in [6.45, 7) is 4.84. The standard InChI is InChI=1S/C12H21NO3/c1-8(9-6-4-5-7-9)13-10(14)12(2,3)11(15)16/h8-9H,4-7H2,1-3H3,(H,13,14)(H,15,16). The molecule has 0 radical (unpaired) electrons. The highest BCUT2D eigenvalue weighted by Crippen LogP contribution is 2.28. The smallest absolute Gasteiger partial charge is 0.318 e. The number of carboxylic acid groups (broad SMARTS) is 1. The Labute approximate surface area is 96.4 Å². The first-order valence-corrected chi connectivity index (χ1v) is 5.90. The van der Waals surface area contributed by atoms with Crippen molar-refractivity contribution in [1.82, 2.24) is 5.32 Å². The van der Waals surface area contributed by atoms with Crippen LogP contribution in [0.4, 0.5) is 0 Å². The van der Waals surface area contributed by atoms with Gasteiger partial charge >= 0.3 is 5.97 Å². The van der Waals surface area contributed by atoms with E-state index in [1.165, 1.54) is 26.7 Å². The third-order valence-electron chi connectivity index (χ3n) is 3.57. The van der Waals surface area contributed by atoms with Crippen LogP contribution in [0, 0.1) is 11.3 Å². The largest absolute Gasteiger partial charge is 0.480 e. The van der Waals surface area contributed by atoms with Crippen LogP contribution in [0.1, 0.15) is 46.5 Å². The molecule has 2 N–H and O–H groups in total. The fraction of sp³-hybridized carbons (Fsp3) is 0.833.